The lowest BCUT2D eigenvalue weighted by molar-refractivity contribution is 0.232. The van der Waals surface area contributed by atoms with E-state index in [-0.39, 0.29) is 0 Å². The molecule has 1 fully saturated rings. The van der Waals surface area contributed by atoms with Gasteiger partial charge in [0, 0.05) is 18.3 Å². The molecule has 0 spiro atoms. The topological polar surface area (TPSA) is 57.9 Å². The molecule has 1 aromatic heterocycles. The van der Waals surface area contributed by atoms with Crippen molar-refractivity contribution in [2.24, 2.45) is 0 Å². The van der Waals surface area contributed by atoms with Crippen LogP contribution in [0.4, 0.5) is 0 Å². The summed E-state index contributed by atoms with van der Waals surface area (Å²) in [5.41, 5.74) is 0.558. The Morgan fingerprint density at radius 1 is 1.50 bits per heavy atom. The first-order valence-corrected chi connectivity index (χ1v) is 5.61. The average molecular weight is 217 g/mol. The molecule has 1 atom stereocenters. The predicted octanol–water partition coefficient (Wildman–Crippen LogP) is 1.47. The van der Waals surface area contributed by atoms with E-state index < -0.39 is 0 Å². The van der Waals surface area contributed by atoms with Crippen molar-refractivity contribution in [3.8, 4) is 11.9 Å². The van der Waals surface area contributed by atoms with Gasteiger partial charge in [0.2, 0.25) is 5.88 Å². The fourth-order valence-electron chi connectivity index (χ4n) is 1.78. The van der Waals surface area contributed by atoms with Gasteiger partial charge in [0.25, 0.3) is 0 Å². The lowest BCUT2D eigenvalue weighted by Gasteiger charge is -2.23. The van der Waals surface area contributed by atoms with Crippen molar-refractivity contribution >= 4 is 0 Å². The summed E-state index contributed by atoms with van der Waals surface area (Å²) in [6, 6.07) is 5.92. The molecule has 1 aliphatic heterocycles. The van der Waals surface area contributed by atoms with Gasteiger partial charge in [0.15, 0.2) is 0 Å². The molecular weight excluding hydrogens is 202 g/mol. The van der Waals surface area contributed by atoms with E-state index in [1.807, 2.05) is 6.07 Å². The van der Waals surface area contributed by atoms with Crippen LogP contribution in [0, 0.1) is 11.3 Å². The summed E-state index contributed by atoms with van der Waals surface area (Å²) >= 11 is 0. The third kappa shape index (κ3) is 2.94. The van der Waals surface area contributed by atoms with Crippen LogP contribution in [0.2, 0.25) is 0 Å². The Labute approximate surface area is 95.3 Å². The zero-order chi connectivity index (χ0) is 11.2. The van der Waals surface area contributed by atoms with E-state index in [9.17, 15) is 0 Å². The van der Waals surface area contributed by atoms with Crippen molar-refractivity contribution in [3.05, 3.63) is 23.9 Å². The van der Waals surface area contributed by atoms with Crippen LogP contribution in [0.1, 0.15) is 24.8 Å². The molecule has 2 rings (SSSR count). The fourth-order valence-corrected chi connectivity index (χ4v) is 1.78. The normalized spacial score (nSPS) is 20.1. The Bertz CT molecular complexity index is 363. The molecule has 4 heteroatoms. The monoisotopic (exact) mass is 217 g/mol. The van der Waals surface area contributed by atoms with Crippen LogP contribution in [0.25, 0.3) is 0 Å². The highest BCUT2D eigenvalue weighted by atomic mass is 16.5. The van der Waals surface area contributed by atoms with E-state index in [1.54, 1.807) is 12.1 Å². The molecule has 0 amide bonds. The van der Waals surface area contributed by atoms with Gasteiger partial charge in [0.05, 0.1) is 5.56 Å². The Morgan fingerprint density at radius 2 is 2.44 bits per heavy atom. The summed E-state index contributed by atoms with van der Waals surface area (Å²) < 4.78 is 5.56. The highest BCUT2D eigenvalue weighted by molar-refractivity contribution is 5.28. The number of nitrogens with zero attached hydrogens (tertiary/aromatic N) is 2. The molecule has 1 aromatic rings. The molecular formula is C12H15N3O. The van der Waals surface area contributed by atoms with Gasteiger partial charge in [0.1, 0.15) is 12.7 Å². The van der Waals surface area contributed by atoms with E-state index in [2.05, 4.69) is 10.3 Å². The van der Waals surface area contributed by atoms with E-state index >= 15 is 0 Å². The van der Waals surface area contributed by atoms with Crippen LogP contribution < -0.4 is 10.1 Å². The SMILES string of the molecule is N#Cc1ccc(OCC2CCCCN2)nc1. The Balaban J connectivity index is 1.82. The largest absolute Gasteiger partial charge is 0.476 e. The van der Waals surface area contributed by atoms with Crippen LogP contribution in [0.3, 0.4) is 0 Å². The third-order valence-electron chi connectivity index (χ3n) is 2.71. The summed E-state index contributed by atoms with van der Waals surface area (Å²) in [4.78, 5) is 4.06. The molecule has 84 valence electrons. The number of aromatic nitrogens is 1. The average Bonchev–Trinajstić information content (AvgIpc) is 2.38. The van der Waals surface area contributed by atoms with Gasteiger partial charge >= 0.3 is 0 Å². The molecule has 0 aromatic carbocycles. The number of rotatable bonds is 3. The summed E-state index contributed by atoms with van der Waals surface area (Å²) in [7, 11) is 0. The first-order chi connectivity index (χ1) is 7.88. The van der Waals surface area contributed by atoms with Crippen LogP contribution in [-0.2, 0) is 0 Å². The van der Waals surface area contributed by atoms with Crippen LogP contribution in [-0.4, -0.2) is 24.2 Å². The molecule has 16 heavy (non-hydrogen) atoms. The summed E-state index contributed by atoms with van der Waals surface area (Å²) in [5, 5.41) is 12.0. The Kier molecular flexibility index (Phi) is 3.73. The van der Waals surface area contributed by atoms with Gasteiger partial charge in [-0.05, 0) is 25.5 Å². The molecule has 1 unspecified atom stereocenters. The molecule has 4 nitrogen and oxygen atoms in total. The number of piperidine rings is 1. The minimum Gasteiger partial charge on any atom is -0.476 e. The van der Waals surface area contributed by atoms with E-state index in [1.165, 1.54) is 19.0 Å². The van der Waals surface area contributed by atoms with Crippen molar-refractivity contribution in [1.29, 1.82) is 5.26 Å². The van der Waals surface area contributed by atoms with E-state index in [0.29, 0.717) is 24.1 Å². The van der Waals surface area contributed by atoms with Gasteiger partial charge in [-0.25, -0.2) is 4.98 Å². The van der Waals surface area contributed by atoms with Gasteiger partial charge in [-0.1, -0.05) is 6.42 Å². The molecule has 0 saturated carbocycles. The number of pyridine rings is 1. The molecule has 1 saturated heterocycles. The smallest absolute Gasteiger partial charge is 0.213 e. The zero-order valence-electron chi connectivity index (χ0n) is 9.15. The molecule has 0 radical (unpaired) electrons. The second kappa shape index (κ2) is 5.47. The first-order valence-electron chi connectivity index (χ1n) is 5.61. The van der Waals surface area contributed by atoms with Crippen LogP contribution in [0.5, 0.6) is 5.88 Å². The van der Waals surface area contributed by atoms with Crippen LogP contribution in [0.15, 0.2) is 18.3 Å². The zero-order valence-corrected chi connectivity index (χ0v) is 9.15. The first kappa shape index (κ1) is 10.9. The summed E-state index contributed by atoms with van der Waals surface area (Å²) in [5.74, 6) is 0.589. The van der Waals surface area contributed by atoms with Crippen LogP contribution >= 0.6 is 0 Å². The molecule has 0 bridgehead atoms. The highest BCUT2D eigenvalue weighted by Gasteiger charge is 2.12. The van der Waals surface area contributed by atoms with Crippen molar-refractivity contribution in [2.45, 2.75) is 25.3 Å². The predicted molar refractivity (Wildman–Crippen MR) is 60.1 cm³/mol. The molecule has 1 N–H and O–H groups in total. The number of ether oxygens (including phenoxy) is 1. The Morgan fingerprint density at radius 3 is 3.06 bits per heavy atom. The number of nitrogens with one attached hydrogen (secondary N) is 1. The second-order valence-electron chi connectivity index (χ2n) is 3.95. The van der Waals surface area contributed by atoms with Gasteiger partial charge < -0.3 is 10.1 Å². The highest BCUT2D eigenvalue weighted by Crippen LogP contribution is 2.10. The third-order valence-corrected chi connectivity index (χ3v) is 2.71. The van der Waals surface area contributed by atoms with Crippen molar-refractivity contribution in [1.82, 2.24) is 10.3 Å². The second-order valence-corrected chi connectivity index (χ2v) is 3.95. The minimum atomic E-state index is 0.436. The number of nitriles is 1. The van der Waals surface area contributed by atoms with E-state index in [0.717, 1.165) is 13.0 Å². The van der Waals surface area contributed by atoms with Crippen molar-refractivity contribution in [3.63, 3.8) is 0 Å². The molecule has 2 heterocycles. The van der Waals surface area contributed by atoms with E-state index in [4.69, 9.17) is 10.00 Å². The molecule has 0 aliphatic carbocycles. The Hall–Kier alpha value is -1.60. The van der Waals surface area contributed by atoms with Crippen molar-refractivity contribution in [2.75, 3.05) is 13.2 Å². The maximum Gasteiger partial charge on any atom is 0.213 e. The van der Waals surface area contributed by atoms with Crippen molar-refractivity contribution < 1.29 is 4.74 Å². The fraction of sp³-hybridized carbons (Fsp3) is 0.500. The lowest BCUT2D eigenvalue weighted by atomic mass is 10.1. The lowest BCUT2D eigenvalue weighted by Crippen LogP contribution is -2.38. The van der Waals surface area contributed by atoms with Gasteiger partial charge in [-0.3, -0.25) is 0 Å². The molecule has 1 aliphatic rings. The summed E-state index contributed by atoms with van der Waals surface area (Å²) in [6.07, 6.45) is 5.22. The maximum absolute atomic E-state index is 8.62. The standard InChI is InChI=1S/C12H15N3O/c13-7-10-4-5-12(15-8-10)16-9-11-3-1-2-6-14-11/h4-5,8,11,14H,1-3,6,9H2. The van der Waals surface area contributed by atoms with Gasteiger partial charge in [-0.2, -0.15) is 5.26 Å². The maximum atomic E-state index is 8.62. The minimum absolute atomic E-state index is 0.436. The number of hydrogen-bond donors (Lipinski definition) is 1. The number of hydrogen-bond acceptors (Lipinski definition) is 4. The summed E-state index contributed by atoms with van der Waals surface area (Å²) in [6.45, 7) is 1.73. The quantitative estimate of drug-likeness (QED) is 0.833. The van der Waals surface area contributed by atoms with Gasteiger partial charge in [-0.15, -0.1) is 0 Å².